The van der Waals surface area contributed by atoms with E-state index < -0.39 is 0 Å². The van der Waals surface area contributed by atoms with E-state index in [1.807, 2.05) is 18.2 Å². The summed E-state index contributed by atoms with van der Waals surface area (Å²) in [5, 5.41) is 4.00. The maximum Gasteiger partial charge on any atom is 0.175 e. The number of aromatic nitrogens is 1. The number of hydrogen-bond acceptors (Lipinski definition) is 3. The summed E-state index contributed by atoms with van der Waals surface area (Å²) in [6.45, 7) is 0. The molecular weight excluding hydrogens is 248 g/mol. The van der Waals surface area contributed by atoms with Crippen molar-refractivity contribution in [1.82, 2.24) is 5.16 Å². The van der Waals surface area contributed by atoms with Gasteiger partial charge in [-0.1, -0.05) is 41.9 Å². The summed E-state index contributed by atoms with van der Waals surface area (Å²) in [7, 11) is 0. The minimum atomic E-state index is 0.523. The predicted octanol–water partition coefficient (Wildman–Crippen LogP) is 3.90. The number of rotatable bonds is 3. The molecule has 1 aromatic heterocycles. The number of nitrogens with zero attached hydrogens (tertiary/aromatic N) is 1. The highest BCUT2D eigenvalue weighted by atomic mass is 16.5. The Bertz CT molecular complexity index is 605. The molecule has 2 aromatic rings. The van der Waals surface area contributed by atoms with Crippen molar-refractivity contribution >= 4 is 5.82 Å². The van der Waals surface area contributed by atoms with Crippen LogP contribution in [0.25, 0.3) is 11.1 Å². The molecule has 2 aliphatic carbocycles. The average Bonchev–Trinajstić information content (AvgIpc) is 3.16. The van der Waals surface area contributed by atoms with E-state index in [0.717, 1.165) is 41.1 Å². The van der Waals surface area contributed by atoms with Gasteiger partial charge in [-0.25, -0.2) is 0 Å². The van der Waals surface area contributed by atoms with Gasteiger partial charge in [0.15, 0.2) is 5.82 Å². The third kappa shape index (κ3) is 1.92. The van der Waals surface area contributed by atoms with Gasteiger partial charge in [-0.3, -0.25) is 0 Å². The first-order chi connectivity index (χ1) is 9.81. The molecule has 104 valence electrons. The Balaban J connectivity index is 1.63. The standard InChI is InChI=1S/C17H20N2O/c18-17-16(12-4-2-1-3-5-12)15(20-19-17)10-14-9-11-6-7-13(14)8-11/h1-5,11,13-14H,6-10H2,(H2,18,19). The van der Waals surface area contributed by atoms with Gasteiger partial charge in [-0.05, 0) is 42.6 Å². The van der Waals surface area contributed by atoms with Crippen molar-refractivity contribution in [1.29, 1.82) is 0 Å². The second kappa shape index (κ2) is 4.65. The zero-order valence-electron chi connectivity index (χ0n) is 11.6. The zero-order chi connectivity index (χ0) is 13.5. The first-order valence-corrected chi connectivity index (χ1v) is 7.60. The van der Waals surface area contributed by atoms with Crippen molar-refractivity contribution in [2.75, 3.05) is 5.73 Å². The molecule has 2 saturated carbocycles. The van der Waals surface area contributed by atoms with Crippen molar-refractivity contribution < 1.29 is 4.52 Å². The minimum absolute atomic E-state index is 0.523. The minimum Gasteiger partial charge on any atom is -0.380 e. The van der Waals surface area contributed by atoms with E-state index in [1.54, 1.807) is 0 Å². The second-order valence-electron chi connectivity index (χ2n) is 6.37. The number of nitrogen functional groups attached to an aromatic ring is 1. The van der Waals surface area contributed by atoms with Gasteiger partial charge in [0.2, 0.25) is 0 Å². The molecule has 2 fully saturated rings. The summed E-state index contributed by atoms with van der Waals surface area (Å²) < 4.78 is 5.54. The highest BCUT2D eigenvalue weighted by Gasteiger charge is 2.40. The summed E-state index contributed by atoms with van der Waals surface area (Å²) in [6.07, 6.45) is 6.62. The Morgan fingerprint density at radius 3 is 2.70 bits per heavy atom. The van der Waals surface area contributed by atoms with E-state index >= 15 is 0 Å². The summed E-state index contributed by atoms with van der Waals surface area (Å²) in [6, 6.07) is 10.2. The van der Waals surface area contributed by atoms with Crippen molar-refractivity contribution in [3.8, 4) is 11.1 Å². The Labute approximate surface area is 119 Å². The molecule has 0 aliphatic heterocycles. The van der Waals surface area contributed by atoms with Gasteiger partial charge in [0, 0.05) is 6.42 Å². The van der Waals surface area contributed by atoms with E-state index in [4.69, 9.17) is 10.3 Å². The van der Waals surface area contributed by atoms with Crippen LogP contribution in [0.1, 0.15) is 31.4 Å². The lowest BCUT2D eigenvalue weighted by Gasteiger charge is -2.20. The summed E-state index contributed by atoms with van der Waals surface area (Å²) in [4.78, 5) is 0. The van der Waals surface area contributed by atoms with E-state index in [2.05, 4.69) is 17.3 Å². The van der Waals surface area contributed by atoms with E-state index in [-0.39, 0.29) is 0 Å². The number of hydrogen-bond donors (Lipinski definition) is 1. The molecule has 0 saturated heterocycles. The highest BCUT2D eigenvalue weighted by molar-refractivity contribution is 5.75. The maximum atomic E-state index is 6.02. The number of nitrogens with two attached hydrogens (primary N) is 1. The maximum absolute atomic E-state index is 6.02. The molecule has 1 heterocycles. The normalized spacial score (nSPS) is 28.1. The van der Waals surface area contributed by atoms with E-state index in [0.29, 0.717) is 5.82 Å². The molecule has 3 heteroatoms. The van der Waals surface area contributed by atoms with Crippen LogP contribution in [0.2, 0.25) is 0 Å². The van der Waals surface area contributed by atoms with Crippen molar-refractivity contribution in [3.63, 3.8) is 0 Å². The average molecular weight is 268 g/mol. The fraction of sp³-hybridized carbons (Fsp3) is 0.471. The van der Waals surface area contributed by atoms with Crippen molar-refractivity contribution in [3.05, 3.63) is 36.1 Å². The van der Waals surface area contributed by atoms with Gasteiger partial charge < -0.3 is 10.3 Å². The molecule has 0 spiro atoms. The Kier molecular flexibility index (Phi) is 2.79. The summed E-state index contributed by atoms with van der Waals surface area (Å²) >= 11 is 0. The van der Waals surface area contributed by atoms with Crippen LogP contribution in [0.5, 0.6) is 0 Å². The fourth-order valence-electron chi connectivity index (χ4n) is 4.26. The molecule has 3 unspecified atom stereocenters. The van der Waals surface area contributed by atoms with Crippen LogP contribution in [-0.2, 0) is 6.42 Å². The van der Waals surface area contributed by atoms with Gasteiger partial charge in [0.25, 0.3) is 0 Å². The monoisotopic (exact) mass is 268 g/mol. The Hall–Kier alpha value is -1.77. The van der Waals surface area contributed by atoms with Crippen molar-refractivity contribution in [2.24, 2.45) is 17.8 Å². The molecule has 1 aromatic carbocycles. The molecule has 3 nitrogen and oxygen atoms in total. The molecule has 2 aliphatic rings. The number of benzene rings is 1. The lowest BCUT2D eigenvalue weighted by Crippen LogP contribution is -2.13. The van der Waals surface area contributed by atoms with Gasteiger partial charge in [0.1, 0.15) is 5.76 Å². The third-order valence-corrected chi connectivity index (χ3v) is 5.18. The SMILES string of the molecule is Nc1noc(CC2CC3CCC2C3)c1-c1ccccc1. The molecule has 0 radical (unpaired) electrons. The van der Waals surface area contributed by atoms with E-state index in [1.165, 1.54) is 25.7 Å². The Morgan fingerprint density at radius 2 is 2.00 bits per heavy atom. The molecule has 2 bridgehead atoms. The largest absolute Gasteiger partial charge is 0.380 e. The fourth-order valence-corrected chi connectivity index (χ4v) is 4.26. The topological polar surface area (TPSA) is 52.0 Å². The quantitative estimate of drug-likeness (QED) is 0.918. The van der Waals surface area contributed by atoms with Crippen LogP contribution in [-0.4, -0.2) is 5.16 Å². The van der Waals surface area contributed by atoms with E-state index in [9.17, 15) is 0 Å². The molecule has 0 amide bonds. The molecule has 4 rings (SSSR count). The summed E-state index contributed by atoms with van der Waals surface area (Å²) in [5.74, 6) is 4.13. The van der Waals surface area contributed by atoms with Crippen molar-refractivity contribution in [2.45, 2.75) is 32.1 Å². The van der Waals surface area contributed by atoms with Crippen LogP contribution < -0.4 is 5.73 Å². The van der Waals surface area contributed by atoms with Gasteiger partial charge in [-0.15, -0.1) is 0 Å². The van der Waals surface area contributed by atoms with Crippen LogP contribution in [0, 0.1) is 17.8 Å². The number of anilines is 1. The summed E-state index contributed by atoms with van der Waals surface area (Å²) in [5.41, 5.74) is 8.14. The van der Waals surface area contributed by atoms with Crippen LogP contribution in [0.15, 0.2) is 34.9 Å². The van der Waals surface area contributed by atoms with Gasteiger partial charge >= 0.3 is 0 Å². The predicted molar refractivity (Wildman–Crippen MR) is 79.0 cm³/mol. The number of fused-ring (bicyclic) bond motifs is 2. The Morgan fingerprint density at radius 1 is 1.15 bits per heavy atom. The van der Waals surface area contributed by atoms with Crippen LogP contribution in [0.3, 0.4) is 0 Å². The molecule has 20 heavy (non-hydrogen) atoms. The van der Waals surface area contributed by atoms with Gasteiger partial charge in [0.05, 0.1) is 5.56 Å². The lowest BCUT2D eigenvalue weighted by molar-refractivity contribution is 0.294. The lowest BCUT2D eigenvalue weighted by atomic mass is 9.85. The molecule has 2 N–H and O–H groups in total. The first kappa shape index (κ1) is 12.0. The zero-order valence-corrected chi connectivity index (χ0v) is 11.6. The highest BCUT2D eigenvalue weighted by Crippen LogP contribution is 2.50. The molecule has 3 atom stereocenters. The van der Waals surface area contributed by atoms with Crippen LogP contribution >= 0.6 is 0 Å². The molecular formula is C17H20N2O. The second-order valence-corrected chi connectivity index (χ2v) is 6.37. The van der Waals surface area contributed by atoms with Crippen LogP contribution in [0.4, 0.5) is 5.82 Å². The third-order valence-electron chi connectivity index (χ3n) is 5.18. The first-order valence-electron chi connectivity index (χ1n) is 7.60. The smallest absolute Gasteiger partial charge is 0.175 e. The van der Waals surface area contributed by atoms with Gasteiger partial charge in [-0.2, -0.15) is 0 Å².